The summed E-state index contributed by atoms with van der Waals surface area (Å²) < 4.78 is 14.4. The first-order valence-electron chi connectivity index (χ1n) is 27.3. The molecule has 15 rings (SSSR count). The Kier molecular flexibility index (Phi) is 9.43. The van der Waals surface area contributed by atoms with Gasteiger partial charge in [0.25, 0.3) is 0 Å². The summed E-state index contributed by atoms with van der Waals surface area (Å²) in [4.78, 5) is 7.60. The van der Waals surface area contributed by atoms with Gasteiger partial charge in [-0.05, 0) is 164 Å². The van der Waals surface area contributed by atoms with Crippen molar-refractivity contribution in [1.82, 2.24) is 0 Å². The van der Waals surface area contributed by atoms with Gasteiger partial charge in [-0.1, -0.05) is 171 Å². The van der Waals surface area contributed by atoms with E-state index in [1.807, 2.05) is 11.8 Å². The number of furan rings is 1. The minimum absolute atomic E-state index is 0.00456. The van der Waals surface area contributed by atoms with Gasteiger partial charge in [-0.25, -0.2) is 0 Å². The molecule has 0 bridgehead atoms. The van der Waals surface area contributed by atoms with Crippen LogP contribution in [0, 0.1) is 6.92 Å². The number of aryl methyl sites for hydroxylation is 1. The van der Waals surface area contributed by atoms with Gasteiger partial charge in [0, 0.05) is 61.3 Å². The topological polar surface area (TPSA) is 28.9 Å². The van der Waals surface area contributed by atoms with Crippen LogP contribution in [-0.2, 0) is 21.7 Å². The molecule has 0 N–H and O–H groups in total. The summed E-state index contributed by atoms with van der Waals surface area (Å²) in [5.74, 6) is 1.77. The van der Waals surface area contributed by atoms with E-state index in [2.05, 4.69) is 243 Å². The molecule has 0 amide bonds. The third kappa shape index (κ3) is 6.40. The van der Waals surface area contributed by atoms with Crippen molar-refractivity contribution < 1.29 is 9.15 Å². The molecule has 9 aromatic carbocycles. The highest BCUT2D eigenvalue weighted by molar-refractivity contribution is 7.99. The molecular weight excluding hydrogens is 944 g/mol. The lowest BCUT2D eigenvalue weighted by Gasteiger charge is -2.48. The van der Waals surface area contributed by atoms with Crippen LogP contribution in [-0.4, -0.2) is 6.85 Å². The number of hydrogen-bond acceptors (Lipinski definition) is 5. The number of ether oxygens (including phenoxy) is 1. The molecule has 0 radical (unpaired) electrons. The molecule has 4 heterocycles. The summed E-state index contributed by atoms with van der Waals surface area (Å²) in [5, 5.41) is 2.25. The molecule has 0 atom stereocenters. The number of benzene rings is 9. The molecular formula is C70H61BN2O2S. The van der Waals surface area contributed by atoms with Gasteiger partial charge >= 0.3 is 6.85 Å². The van der Waals surface area contributed by atoms with Crippen molar-refractivity contribution >= 4 is 79.9 Å². The fourth-order valence-electron chi connectivity index (χ4n) is 14.0. The molecule has 372 valence electrons. The summed E-state index contributed by atoms with van der Waals surface area (Å²) >= 11 is 1.81. The first kappa shape index (κ1) is 45.9. The fourth-order valence-corrected chi connectivity index (χ4v) is 14.9. The predicted octanol–water partition coefficient (Wildman–Crippen LogP) is 18.5. The van der Waals surface area contributed by atoms with E-state index >= 15 is 0 Å². The van der Waals surface area contributed by atoms with Crippen LogP contribution in [0.15, 0.2) is 178 Å². The Bertz CT molecular complexity index is 4170. The van der Waals surface area contributed by atoms with E-state index in [0.29, 0.717) is 0 Å². The smallest absolute Gasteiger partial charge is 0.333 e. The van der Waals surface area contributed by atoms with Crippen molar-refractivity contribution in [2.24, 2.45) is 0 Å². The summed E-state index contributed by atoms with van der Waals surface area (Å²) in [6, 6.07) is 62.1. The molecule has 0 saturated carbocycles. The first-order valence-corrected chi connectivity index (χ1v) is 28.1. The molecule has 5 aliphatic rings. The van der Waals surface area contributed by atoms with E-state index in [0.717, 1.165) is 78.7 Å². The van der Waals surface area contributed by atoms with Crippen LogP contribution in [0.2, 0.25) is 0 Å². The second-order valence-corrected chi connectivity index (χ2v) is 26.2. The molecule has 0 unspecified atom stereocenters. The van der Waals surface area contributed by atoms with Gasteiger partial charge in [0.15, 0.2) is 0 Å². The van der Waals surface area contributed by atoms with Crippen molar-refractivity contribution in [3.05, 3.63) is 197 Å². The largest absolute Gasteiger partial charge is 0.455 e. The number of anilines is 5. The zero-order valence-electron chi connectivity index (χ0n) is 45.2. The van der Waals surface area contributed by atoms with Crippen molar-refractivity contribution in [1.29, 1.82) is 0 Å². The third-order valence-corrected chi connectivity index (χ3v) is 19.3. The number of hydrogen-bond donors (Lipinski definition) is 0. The maximum absolute atomic E-state index is 7.34. The van der Waals surface area contributed by atoms with E-state index in [1.54, 1.807) is 0 Å². The van der Waals surface area contributed by atoms with Gasteiger partial charge in [-0.3, -0.25) is 0 Å². The third-order valence-electron chi connectivity index (χ3n) is 18.2. The standard InChI is InChI=1S/C70H61BN2O2S/c1-40-32-51-52(69(7,8)31-30-68(51,5)6)37-55(40)72-57-39-63-61(74-60-26-18-19-27-62(60)76-63)38-53(57)71-65-58(72)36-47-44-23-15-17-25-59(44)75-66(47)64(65)48-34-50-46(43-22-14-16-24-49(43)70(50,9)10)35-56(48)73(71)54-29-28-42(67(2,3)4)33-45(54)41-20-12-11-13-21-41/h11-29,32-39H,30-31H2,1-10H3. The summed E-state index contributed by atoms with van der Waals surface area (Å²) in [7, 11) is 0. The van der Waals surface area contributed by atoms with Crippen LogP contribution < -0.4 is 25.4 Å². The number of fused-ring (bicyclic) bond motifs is 14. The number of rotatable bonds is 3. The summed E-state index contributed by atoms with van der Waals surface area (Å²) in [6.45, 7) is 23.6. The first-order chi connectivity index (χ1) is 36.5. The monoisotopic (exact) mass is 1000 g/mol. The Morgan fingerprint density at radius 2 is 1.25 bits per heavy atom. The lowest BCUT2D eigenvalue weighted by atomic mass is 9.43. The second kappa shape index (κ2) is 15.6. The number of para-hydroxylation sites is 2. The second-order valence-electron chi connectivity index (χ2n) is 25.2. The predicted molar refractivity (Wildman–Crippen MR) is 320 cm³/mol. The van der Waals surface area contributed by atoms with Crippen LogP contribution >= 0.6 is 11.8 Å². The molecule has 1 aromatic heterocycles. The lowest BCUT2D eigenvalue weighted by molar-refractivity contribution is 0.332. The molecule has 0 saturated heterocycles. The molecule has 0 fully saturated rings. The Morgan fingerprint density at radius 1 is 0.526 bits per heavy atom. The Balaban J connectivity index is 1.13. The fraction of sp³-hybridized carbons (Fsp3) is 0.229. The van der Waals surface area contributed by atoms with Crippen molar-refractivity contribution in [2.75, 3.05) is 9.71 Å². The van der Waals surface area contributed by atoms with E-state index in [-0.39, 0.29) is 28.5 Å². The van der Waals surface area contributed by atoms with Gasteiger partial charge < -0.3 is 18.9 Å². The molecule has 6 heteroatoms. The van der Waals surface area contributed by atoms with Gasteiger partial charge in [-0.15, -0.1) is 0 Å². The van der Waals surface area contributed by atoms with Crippen LogP contribution in [0.5, 0.6) is 11.5 Å². The number of nitrogens with zero attached hydrogens (tertiary/aromatic N) is 2. The Labute approximate surface area is 451 Å². The van der Waals surface area contributed by atoms with Crippen LogP contribution in [0.3, 0.4) is 0 Å². The summed E-state index contributed by atoms with van der Waals surface area (Å²) in [5.41, 5.74) is 25.3. The molecule has 3 aliphatic heterocycles. The van der Waals surface area contributed by atoms with Gasteiger partial charge in [0.2, 0.25) is 0 Å². The van der Waals surface area contributed by atoms with Gasteiger partial charge in [-0.2, -0.15) is 0 Å². The zero-order valence-corrected chi connectivity index (χ0v) is 46.0. The highest BCUT2D eigenvalue weighted by Crippen LogP contribution is 2.59. The molecule has 76 heavy (non-hydrogen) atoms. The van der Waals surface area contributed by atoms with Crippen molar-refractivity contribution in [3.63, 3.8) is 0 Å². The van der Waals surface area contributed by atoms with Gasteiger partial charge in [0.05, 0.1) is 9.79 Å². The average Bonchev–Trinajstić information content (AvgIpc) is 4.03. The minimum Gasteiger partial charge on any atom is -0.455 e. The van der Waals surface area contributed by atoms with Crippen molar-refractivity contribution in [3.8, 4) is 44.9 Å². The lowest BCUT2D eigenvalue weighted by Crippen LogP contribution is -2.61. The highest BCUT2D eigenvalue weighted by atomic mass is 32.2. The Morgan fingerprint density at radius 3 is 2.05 bits per heavy atom. The molecule has 10 aromatic rings. The Hall–Kier alpha value is -7.41. The van der Waals surface area contributed by atoms with E-state index in [4.69, 9.17) is 9.15 Å². The average molecular weight is 1010 g/mol. The molecule has 0 spiro atoms. The van der Waals surface area contributed by atoms with E-state index < -0.39 is 0 Å². The van der Waals surface area contributed by atoms with Crippen LogP contribution in [0.25, 0.3) is 55.3 Å². The van der Waals surface area contributed by atoms with E-state index in [9.17, 15) is 0 Å². The minimum atomic E-state index is -0.309. The zero-order chi connectivity index (χ0) is 51.9. The maximum Gasteiger partial charge on any atom is 0.333 e. The van der Waals surface area contributed by atoms with Crippen molar-refractivity contribution in [2.45, 2.75) is 114 Å². The summed E-state index contributed by atoms with van der Waals surface area (Å²) in [6.07, 6.45) is 2.29. The van der Waals surface area contributed by atoms with Crippen LogP contribution in [0.1, 0.15) is 109 Å². The SMILES string of the molecule is Cc1cc2c(cc1N1c3cc4c(cc3B3c5c1cc1c(oc6ccccc61)c5-c1cc5c(cc1N3c1ccc(C(C)(C)C)cc1-c1ccccc1)-c1ccccc1C5(C)C)Oc1ccccc1S4)C(C)(C)CCC2(C)C. The maximum atomic E-state index is 7.34. The normalized spacial score (nSPS) is 16.7. The molecule has 4 nitrogen and oxygen atoms in total. The highest BCUT2D eigenvalue weighted by Gasteiger charge is 2.50. The van der Waals surface area contributed by atoms with Gasteiger partial charge in [0.1, 0.15) is 22.7 Å². The van der Waals surface area contributed by atoms with Crippen LogP contribution in [0.4, 0.5) is 28.4 Å². The quantitative estimate of drug-likeness (QED) is 0.165. The van der Waals surface area contributed by atoms with E-state index in [1.165, 1.54) is 83.5 Å². The molecule has 2 aliphatic carbocycles.